The number of rotatable bonds is 2. The number of alkyl halides is 6. The van der Waals surface area contributed by atoms with Gasteiger partial charge in [-0.15, -0.1) is 0 Å². The fourth-order valence-corrected chi connectivity index (χ4v) is 1.88. The lowest BCUT2D eigenvalue weighted by molar-refractivity contribution is -0.163. The number of pyridine rings is 1. The van der Waals surface area contributed by atoms with Crippen molar-refractivity contribution in [3.63, 3.8) is 0 Å². The summed E-state index contributed by atoms with van der Waals surface area (Å²) >= 11 is 5.51. The molecule has 1 amide bonds. The van der Waals surface area contributed by atoms with Gasteiger partial charge in [0.15, 0.2) is 0 Å². The van der Waals surface area contributed by atoms with Crippen LogP contribution in [0.3, 0.4) is 0 Å². The maximum absolute atomic E-state index is 12.7. The maximum Gasteiger partial charge on any atom is 0.433 e. The van der Waals surface area contributed by atoms with Crippen LogP contribution < -0.4 is 5.32 Å². The van der Waals surface area contributed by atoms with E-state index in [0.717, 1.165) is 0 Å². The number of carbonyl (C=O) groups is 1. The summed E-state index contributed by atoms with van der Waals surface area (Å²) in [5, 5.41) is 1.14. The Morgan fingerprint density at radius 1 is 1.24 bits per heavy atom. The highest BCUT2D eigenvalue weighted by Gasteiger charge is 2.64. The summed E-state index contributed by atoms with van der Waals surface area (Å²) in [5.41, 5.74) is -4.20. The molecule has 116 valence electrons. The Bertz CT molecular complexity index is 579. The molecule has 2 rings (SSSR count). The molecule has 1 aromatic rings. The van der Waals surface area contributed by atoms with Gasteiger partial charge in [0.2, 0.25) is 0 Å². The zero-order valence-electron chi connectivity index (χ0n) is 10.1. The van der Waals surface area contributed by atoms with Gasteiger partial charge in [0.1, 0.15) is 11.2 Å². The summed E-state index contributed by atoms with van der Waals surface area (Å²) < 4.78 is 75.1. The molecule has 1 heterocycles. The van der Waals surface area contributed by atoms with Crippen LogP contribution in [0.5, 0.6) is 0 Å². The highest BCUT2D eigenvalue weighted by molar-refractivity contribution is 6.33. The molecule has 1 aliphatic rings. The Morgan fingerprint density at radius 3 is 2.19 bits per heavy atom. The number of carbonyl (C=O) groups excluding carboxylic acids is 1. The Labute approximate surface area is 119 Å². The standard InChI is InChI=1S/C11H7ClF6N2O/c12-6-3-7(10(13,14)15)19-4-5(6)8(21)20-9(1-2-9)11(16,17)18/h3-4H,1-2H2,(H,20,21). The topological polar surface area (TPSA) is 42.0 Å². The molecule has 1 N–H and O–H groups in total. The Balaban J connectivity index is 2.22. The van der Waals surface area contributed by atoms with E-state index in [1.807, 2.05) is 0 Å². The van der Waals surface area contributed by atoms with Crippen LogP contribution in [0.4, 0.5) is 26.3 Å². The van der Waals surface area contributed by atoms with Gasteiger partial charge in [0.25, 0.3) is 5.91 Å². The number of halogens is 7. The van der Waals surface area contributed by atoms with Crippen molar-refractivity contribution in [3.8, 4) is 0 Å². The van der Waals surface area contributed by atoms with Crippen LogP contribution in [-0.4, -0.2) is 22.6 Å². The number of amides is 1. The van der Waals surface area contributed by atoms with E-state index < -0.39 is 40.1 Å². The van der Waals surface area contributed by atoms with Crippen LogP contribution in [0.25, 0.3) is 0 Å². The van der Waals surface area contributed by atoms with Crippen LogP contribution in [0.2, 0.25) is 5.02 Å². The third-order valence-electron chi connectivity index (χ3n) is 3.03. The first-order chi connectivity index (χ1) is 9.46. The van der Waals surface area contributed by atoms with Crippen molar-refractivity contribution in [2.75, 3.05) is 0 Å². The van der Waals surface area contributed by atoms with Crippen molar-refractivity contribution in [2.45, 2.75) is 30.7 Å². The monoisotopic (exact) mass is 332 g/mol. The Hall–Kier alpha value is -1.51. The summed E-state index contributed by atoms with van der Waals surface area (Å²) in [6, 6.07) is 0.392. The molecule has 0 saturated heterocycles. The lowest BCUT2D eigenvalue weighted by Crippen LogP contribution is -2.47. The van der Waals surface area contributed by atoms with Crippen LogP contribution in [0.15, 0.2) is 12.3 Å². The van der Waals surface area contributed by atoms with Crippen LogP contribution in [-0.2, 0) is 6.18 Å². The molecular weight excluding hydrogens is 326 g/mol. The number of aromatic nitrogens is 1. The smallest absolute Gasteiger partial charge is 0.338 e. The predicted octanol–water partition coefficient (Wildman–Crippen LogP) is 3.58. The molecule has 0 atom stereocenters. The number of nitrogens with zero attached hydrogens (tertiary/aromatic N) is 1. The number of hydrogen-bond acceptors (Lipinski definition) is 2. The number of nitrogens with one attached hydrogen (secondary N) is 1. The minimum Gasteiger partial charge on any atom is -0.338 e. The fraction of sp³-hybridized carbons (Fsp3) is 0.455. The molecule has 0 unspecified atom stereocenters. The normalized spacial score (nSPS) is 17.5. The van der Waals surface area contributed by atoms with Gasteiger partial charge in [-0.3, -0.25) is 9.78 Å². The van der Waals surface area contributed by atoms with Crippen LogP contribution >= 0.6 is 11.6 Å². The summed E-state index contributed by atoms with van der Waals surface area (Å²) in [6.45, 7) is 0. The van der Waals surface area contributed by atoms with Gasteiger partial charge in [-0.2, -0.15) is 26.3 Å². The first-order valence-electron chi connectivity index (χ1n) is 5.58. The molecule has 1 fully saturated rings. The van der Waals surface area contributed by atoms with E-state index in [-0.39, 0.29) is 12.8 Å². The highest BCUT2D eigenvalue weighted by atomic mass is 35.5. The van der Waals surface area contributed by atoms with Gasteiger partial charge < -0.3 is 5.32 Å². The highest BCUT2D eigenvalue weighted by Crippen LogP contribution is 2.49. The molecular formula is C11H7ClF6N2O. The van der Waals surface area contributed by atoms with E-state index in [1.54, 1.807) is 5.32 Å². The second kappa shape index (κ2) is 4.75. The third kappa shape index (κ3) is 3.07. The van der Waals surface area contributed by atoms with Crippen LogP contribution in [0.1, 0.15) is 28.9 Å². The van der Waals surface area contributed by atoms with E-state index in [9.17, 15) is 31.1 Å². The summed E-state index contributed by atoms with van der Waals surface area (Å²) in [4.78, 5) is 14.7. The quantitative estimate of drug-likeness (QED) is 0.841. The van der Waals surface area contributed by atoms with Crippen molar-refractivity contribution in [3.05, 3.63) is 28.5 Å². The Kier molecular flexibility index (Phi) is 3.59. The Morgan fingerprint density at radius 2 is 1.81 bits per heavy atom. The molecule has 3 nitrogen and oxygen atoms in total. The third-order valence-corrected chi connectivity index (χ3v) is 3.35. The van der Waals surface area contributed by atoms with E-state index in [4.69, 9.17) is 11.6 Å². The van der Waals surface area contributed by atoms with Crippen molar-refractivity contribution >= 4 is 17.5 Å². The zero-order valence-corrected chi connectivity index (χ0v) is 10.8. The molecule has 1 saturated carbocycles. The zero-order chi connectivity index (χ0) is 16.1. The largest absolute Gasteiger partial charge is 0.433 e. The molecule has 0 aliphatic heterocycles. The van der Waals surface area contributed by atoms with Crippen molar-refractivity contribution in [1.29, 1.82) is 0 Å². The van der Waals surface area contributed by atoms with Gasteiger partial charge in [0.05, 0.1) is 10.6 Å². The van der Waals surface area contributed by atoms with Gasteiger partial charge in [-0.1, -0.05) is 11.6 Å². The molecule has 0 radical (unpaired) electrons. The lowest BCUT2D eigenvalue weighted by Gasteiger charge is -2.21. The molecule has 10 heteroatoms. The van der Waals surface area contributed by atoms with Gasteiger partial charge in [0, 0.05) is 6.20 Å². The SMILES string of the molecule is O=C(NC1(C(F)(F)F)CC1)c1cnc(C(F)(F)F)cc1Cl. The summed E-state index contributed by atoms with van der Waals surface area (Å²) in [7, 11) is 0. The second-order valence-corrected chi connectivity index (χ2v) is 4.99. The fourth-order valence-electron chi connectivity index (χ4n) is 1.64. The van der Waals surface area contributed by atoms with E-state index in [2.05, 4.69) is 4.98 Å². The summed E-state index contributed by atoms with van der Waals surface area (Å²) in [5.74, 6) is -1.21. The van der Waals surface area contributed by atoms with Gasteiger partial charge in [-0.05, 0) is 18.9 Å². The first-order valence-corrected chi connectivity index (χ1v) is 5.96. The minimum absolute atomic E-state index is 0.284. The van der Waals surface area contributed by atoms with E-state index in [0.29, 0.717) is 12.3 Å². The van der Waals surface area contributed by atoms with Crippen LogP contribution in [0, 0.1) is 0 Å². The summed E-state index contributed by atoms with van der Waals surface area (Å²) in [6.07, 6.45) is -9.45. The maximum atomic E-state index is 12.7. The number of hydrogen-bond donors (Lipinski definition) is 1. The molecule has 0 spiro atoms. The predicted molar refractivity (Wildman–Crippen MR) is 59.7 cm³/mol. The second-order valence-electron chi connectivity index (χ2n) is 4.58. The van der Waals surface area contributed by atoms with E-state index >= 15 is 0 Å². The molecule has 21 heavy (non-hydrogen) atoms. The van der Waals surface area contributed by atoms with Crippen molar-refractivity contribution in [1.82, 2.24) is 10.3 Å². The molecule has 0 aromatic carbocycles. The molecule has 1 aromatic heterocycles. The lowest BCUT2D eigenvalue weighted by atomic mass is 10.2. The van der Waals surface area contributed by atoms with Crippen molar-refractivity contribution < 1.29 is 31.1 Å². The first kappa shape index (κ1) is 15.9. The minimum atomic E-state index is -4.76. The van der Waals surface area contributed by atoms with Gasteiger partial charge in [-0.25, -0.2) is 0 Å². The average molecular weight is 333 g/mol. The van der Waals surface area contributed by atoms with E-state index in [1.165, 1.54) is 0 Å². The van der Waals surface area contributed by atoms with Gasteiger partial charge >= 0.3 is 12.4 Å². The molecule has 0 bridgehead atoms. The van der Waals surface area contributed by atoms with Crippen molar-refractivity contribution in [2.24, 2.45) is 0 Å². The molecule has 1 aliphatic carbocycles. The average Bonchev–Trinajstić information content (AvgIpc) is 3.07.